The normalized spacial score (nSPS) is 20.7. The van der Waals surface area contributed by atoms with Crippen molar-refractivity contribution in [2.45, 2.75) is 26.8 Å². The van der Waals surface area contributed by atoms with Gasteiger partial charge in [0.1, 0.15) is 0 Å². The molecule has 1 saturated heterocycles. The van der Waals surface area contributed by atoms with Gasteiger partial charge in [-0.2, -0.15) is 0 Å². The van der Waals surface area contributed by atoms with E-state index in [0.29, 0.717) is 19.8 Å². The van der Waals surface area contributed by atoms with Crippen LogP contribution in [0.2, 0.25) is 0 Å². The van der Waals surface area contributed by atoms with Crippen molar-refractivity contribution in [3.05, 3.63) is 0 Å². The third-order valence-electron chi connectivity index (χ3n) is 2.26. The molecule has 15 heavy (non-hydrogen) atoms. The van der Waals surface area contributed by atoms with Gasteiger partial charge in [-0.25, -0.2) is 0 Å². The number of likely N-dealkylation sites (tertiary alicyclic amines) is 1. The van der Waals surface area contributed by atoms with Crippen molar-refractivity contribution in [2.24, 2.45) is 0 Å². The Balaban J connectivity index is 0.00000196. The lowest BCUT2D eigenvalue weighted by Gasteiger charge is -2.14. The van der Waals surface area contributed by atoms with Crippen LogP contribution in [0, 0.1) is 0 Å². The lowest BCUT2D eigenvalue weighted by molar-refractivity contribution is -0.139. The fraction of sp³-hybridized carbons (Fsp3) is 0.800. The van der Waals surface area contributed by atoms with Crippen molar-refractivity contribution in [3.8, 4) is 0 Å². The molecule has 1 N–H and O–H groups in total. The van der Waals surface area contributed by atoms with Crippen molar-refractivity contribution >= 4 is 11.8 Å². The van der Waals surface area contributed by atoms with Crippen LogP contribution in [-0.2, 0) is 14.3 Å². The van der Waals surface area contributed by atoms with E-state index in [1.54, 1.807) is 7.05 Å². The topological polar surface area (TPSA) is 58.6 Å². The number of hydrogen-bond acceptors (Lipinski definition) is 4. The van der Waals surface area contributed by atoms with Gasteiger partial charge in [-0.05, 0) is 14.0 Å². The van der Waals surface area contributed by atoms with Crippen LogP contribution >= 0.6 is 0 Å². The molecular formula is C10H20N2O3. The summed E-state index contributed by atoms with van der Waals surface area (Å²) in [5, 5.41) is 2.81. The third kappa shape index (κ3) is 3.28. The van der Waals surface area contributed by atoms with E-state index < -0.39 is 0 Å². The average Bonchev–Trinajstić information content (AvgIpc) is 2.45. The first-order chi connectivity index (χ1) is 6.70. The molecule has 0 saturated carbocycles. The van der Waals surface area contributed by atoms with Gasteiger partial charge < -0.3 is 10.1 Å². The van der Waals surface area contributed by atoms with Gasteiger partial charge >= 0.3 is 0 Å². The Labute approximate surface area is 90.8 Å². The van der Waals surface area contributed by atoms with Gasteiger partial charge in [0.25, 0.3) is 0 Å². The number of hydrogen-bond donors (Lipinski definition) is 1. The average molecular weight is 216 g/mol. The molecule has 1 rings (SSSR count). The van der Waals surface area contributed by atoms with E-state index >= 15 is 0 Å². The zero-order valence-corrected chi connectivity index (χ0v) is 8.58. The van der Waals surface area contributed by atoms with Crippen molar-refractivity contribution in [1.29, 1.82) is 0 Å². The molecule has 1 fully saturated rings. The fourth-order valence-electron chi connectivity index (χ4n) is 1.44. The molecule has 1 aliphatic heterocycles. The largest absolute Gasteiger partial charge is 0.380 e. The van der Waals surface area contributed by atoms with Crippen LogP contribution in [0.15, 0.2) is 0 Å². The Bertz CT molecular complexity index is 231. The summed E-state index contributed by atoms with van der Waals surface area (Å²) in [4.78, 5) is 24.1. The number of imide groups is 1. The first-order valence-electron chi connectivity index (χ1n) is 4.80. The summed E-state index contributed by atoms with van der Waals surface area (Å²) in [7, 11) is 1.68. The summed E-state index contributed by atoms with van der Waals surface area (Å²) in [6.45, 7) is 3.27. The highest BCUT2D eigenvalue weighted by Crippen LogP contribution is 2.11. The maximum atomic E-state index is 11.5. The monoisotopic (exact) mass is 216 g/mol. The van der Waals surface area contributed by atoms with E-state index in [-0.39, 0.29) is 31.7 Å². The van der Waals surface area contributed by atoms with Crippen LogP contribution in [0.1, 0.15) is 20.8 Å². The number of rotatable bonds is 5. The molecule has 0 bridgehead atoms. The second-order valence-corrected chi connectivity index (χ2v) is 3.13. The molecule has 1 aliphatic rings. The summed E-state index contributed by atoms with van der Waals surface area (Å²) in [6, 6.07) is -0.343. The van der Waals surface area contributed by atoms with Gasteiger partial charge in [-0.1, -0.05) is 7.43 Å². The SMILES string of the molecule is C.CCOCCN1C(=O)CC(NC)C1=O. The maximum Gasteiger partial charge on any atom is 0.246 e. The van der Waals surface area contributed by atoms with Gasteiger partial charge in [-0.15, -0.1) is 0 Å². The molecule has 88 valence electrons. The van der Waals surface area contributed by atoms with Gasteiger partial charge in [0, 0.05) is 6.61 Å². The van der Waals surface area contributed by atoms with Crippen molar-refractivity contribution in [2.75, 3.05) is 26.8 Å². The van der Waals surface area contributed by atoms with E-state index in [1.807, 2.05) is 6.92 Å². The molecule has 0 aromatic carbocycles. The zero-order chi connectivity index (χ0) is 10.6. The van der Waals surface area contributed by atoms with Gasteiger partial charge in [0.2, 0.25) is 11.8 Å². The van der Waals surface area contributed by atoms with Gasteiger partial charge in [0.15, 0.2) is 0 Å². The molecular weight excluding hydrogens is 196 g/mol. The summed E-state index contributed by atoms with van der Waals surface area (Å²) in [5.74, 6) is -0.258. The van der Waals surface area contributed by atoms with Crippen LogP contribution in [0.3, 0.4) is 0 Å². The minimum atomic E-state index is -0.343. The minimum Gasteiger partial charge on any atom is -0.380 e. The first-order valence-corrected chi connectivity index (χ1v) is 4.80. The third-order valence-corrected chi connectivity index (χ3v) is 2.26. The second kappa shape index (κ2) is 6.53. The molecule has 0 aliphatic carbocycles. The Morgan fingerprint density at radius 1 is 1.53 bits per heavy atom. The summed E-state index contributed by atoms with van der Waals surface area (Å²) < 4.78 is 5.09. The van der Waals surface area contributed by atoms with E-state index in [9.17, 15) is 9.59 Å². The lowest BCUT2D eigenvalue weighted by Crippen LogP contribution is -2.38. The van der Waals surface area contributed by atoms with Crippen LogP contribution < -0.4 is 5.32 Å². The molecule has 0 aromatic rings. The predicted molar refractivity (Wildman–Crippen MR) is 57.4 cm³/mol. The number of amides is 2. The number of carbonyl (C=O) groups is 2. The molecule has 0 spiro atoms. The van der Waals surface area contributed by atoms with Crippen molar-refractivity contribution in [3.63, 3.8) is 0 Å². The maximum absolute atomic E-state index is 11.5. The molecule has 5 heteroatoms. The van der Waals surface area contributed by atoms with Crippen LogP contribution in [0.25, 0.3) is 0 Å². The Hall–Kier alpha value is -0.940. The highest BCUT2D eigenvalue weighted by Gasteiger charge is 2.36. The molecule has 1 atom stereocenters. The quantitative estimate of drug-likeness (QED) is 0.519. The van der Waals surface area contributed by atoms with Crippen molar-refractivity contribution < 1.29 is 14.3 Å². The first kappa shape index (κ1) is 14.1. The summed E-state index contributed by atoms with van der Waals surface area (Å²) in [5.41, 5.74) is 0. The van der Waals surface area contributed by atoms with Crippen LogP contribution in [0.5, 0.6) is 0 Å². The molecule has 5 nitrogen and oxygen atoms in total. The molecule has 0 radical (unpaired) electrons. The zero-order valence-electron chi connectivity index (χ0n) is 8.58. The predicted octanol–water partition coefficient (Wildman–Crippen LogP) is 0.00590. The number of nitrogens with one attached hydrogen (secondary N) is 1. The van der Waals surface area contributed by atoms with Gasteiger partial charge in [0.05, 0.1) is 25.6 Å². The Morgan fingerprint density at radius 2 is 2.20 bits per heavy atom. The fourth-order valence-corrected chi connectivity index (χ4v) is 1.44. The number of likely N-dealkylation sites (N-methyl/N-ethyl adjacent to an activating group) is 1. The summed E-state index contributed by atoms with van der Waals surface area (Å²) >= 11 is 0. The molecule has 1 unspecified atom stereocenters. The Morgan fingerprint density at radius 3 is 2.67 bits per heavy atom. The standard InChI is InChI=1S/C9H16N2O3.CH4/c1-3-14-5-4-11-8(12)6-7(10-2)9(11)13;/h7,10H,3-6H2,1-2H3;1H4. The van der Waals surface area contributed by atoms with E-state index in [0.717, 1.165) is 0 Å². The van der Waals surface area contributed by atoms with Crippen LogP contribution in [0.4, 0.5) is 0 Å². The molecule has 0 aromatic heterocycles. The van der Waals surface area contributed by atoms with Gasteiger partial charge in [-0.3, -0.25) is 14.5 Å². The van der Waals surface area contributed by atoms with E-state index in [2.05, 4.69) is 5.32 Å². The number of nitrogens with zero attached hydrogens (tertiary/aromatic N) is 1. The lowest BCUT2D eigenvalue weighted by atomic mass is 10.2. The number of ether oxygens (including phenoxy) is 1. The van der Waals surface area contributed by atoms with Crippen LogP contribution in [-0.4, -0.2) is 49.6 Å². The molecule has 1 heterocycles. The second-order valence-electron chi connectivity index (χ2n) is 3.13. The molecule has 2 amide bonds. The van der Waals surface area contributed by atoms with E-state index in [1.165, 1.54) is 4.90 Å². The van der Waals surface area contributed by atoms with E-state index in [4.69, 9.17) is 4.74 Å². The smallest absolute Gasteiger partial charge is 0.246 e. The van der Waals surface area contributed by atoms with Crippen molar-refractivity contribution in [1.82, 2.24) is 10.2 Å². The highest BCUT2D eigenvalue weighted by atomic mass is 16.5. The Kier molecular flexibility index (Phi) is 6.12. The summed E-state index contributed by atoms with van der Waals surface area (Å²) in [6.07, 6.45) is 0.265. The number of carbonyl (C=O) groups excluding carboxylic acids is 2. The minimum absolute atomic E-state index is 0. The highest BCUT2D eigenvalue weighted by molar-refractivity contribution is 6.05.